The van der Waals surface area contributed by atoms with E-state index in [0.717, 1.165) is 6.08 Å². The predicted molar refractivity (Wildman–Crippen MR) is 67.5 cm³/mol. The van der Waals surface area contributed by atoms with Crippen molar-refractivity contribution in [1.29, 1.82) is 0 Å². The van der Waals surface area contributed by atoms with Crippen LogP contribution in [0.3, 0.4) is 0 Å². The summed E-state index contributed by atoms with van der Waals surface area (Å²) in [6.07, 6.45) is 8.36. The summed E-state index contributed by atoms with van der Waals surface area (Å²) in [6, 6.07) is 0. The average molecular weight is 562 g/mol. The molecule has 10 heteroatoms. The first kappa shape index (κ1) is 49.6. The van der Waals surface area contributed by atoms with Crippen LogP contribution in [0.15, 0.2) is 6.08 Å². The van der Waals surface area contributed by atoms with E-state index in [2.05, 4.69) is 64.0 Å². The molecule has 1 aliphatic rings. The Bertz CT molecular complexity index is 287. The molecule has 0 aromatic rings. The molecule has 0 aromatic heterocycles. The van der Waals surface area contributed by atoms with Gasteiger partial charge in [-0.1, -0.05) is 32.1 Å². The van der Waals surface area contributed by atoms with E-state index >= 15 is 0 Å². The summed E-state index contributed by atoms with van der Waals surface area (Å²) in [4.78, 5) is 9.78. The minimum atomic E-state index is -0.505. The molecular weight excluding hydrogens is 547 g/mol. The van der Waals surface area contributed by atoms with Gasteiger partial charge in [0.05, 0.1) is 7.11 Å². The van der Waals surface area contributed by atoms with E-state index in [1.54, 1.807) is 0 Å². The summed E-state index contributed by atoms with van der Waals surface area (Å²) < 4.78 is 49.1. The molecule has 0 unspecified atom stereocenters. The maximum absolute atomic E-state index is 9.78. The molecule has 1 aliphatic carbocycles. The van der Waals surface area contributed by atoms with Gasteiger partial charge in [-0.3, -0.25) is 6.58 Å². The van der Waals surface area contributed by atoms with Gasteiger partial charge in [-0.15, -0.1) is 0 Å². The Morgan fingerprint density at radius 2 is 0.960 bits per heavy atom. The molecule has 0 N–H and O–H groups in total. The molecule has 8 nitrogen and oxygen atoms in total. The van der Waals surface area contributed by atoms with Crippen molar-refractivity contribution >= 4 is 5.97 Å². The van der Waals surface area contributed by atoms with Crippen LogP contribution in [-0.4, -0.2) is 13.1 Å². The normalized spacial score (nSPS) is 7.08. The van der Waals surface area contributed by atoms with Crippen molar-refractivity contribution < 1.29 is 67.4 Å². The Kier molecular flexibility index (Phi) is 276. The molecule has 1 saturated carbocycles. The van der Waals surface area contributed by atoms with Crippen LogP contribution in [0.4, 0.5) is 0 Å². The van der Waals surface area contributed by atoms with Crippen molar-refractivity contribution in [2.75, 3.05) is 7.11 Å². The first-order valence-electron chi connectivity index (χ1n) is 5.32. The van der Waals surface area contributed by atoms with Crippen LogP contribution in [0.25, 0.3) is 0 Å². The number of carbonyl (C=O) groups excluding carboxylic acids is 1. The van der Waals surface area contributed by atoms with Crippen molar-refractivity contribution in [3.8, 4) is 0 Å². The molecule has 0 amide bonds. The van der Waals surface area contributed by atoms with Gasteiger partial charge in [0.1, 0.15) is 0 Å². The summed E-state index contributed by atoms with van der Waals surface area (Å²) in [6.45, 7) is 31.7. The van der Waals surface area contributed by atoms with Gasteiger partial charge in [0.25, 0.3) is 0 Å². The zero-order valence-electron chi connectivity index (χ0n) is 13.2. The van der Waals surface area contributed by atoms with Crippen LogP contribution in [0.1, 0.15) is 32.1 Å². The third-order valence-corrected chi connectivity index (χ3v) is 1.59. The molecule has 0 aromatic carbocycles. The number of esters is 1. The number of rotatable bonds is 1. The number of ether oxygens (including phenoxy) is 1. The average Bonchev–Trinajstić information content (AvgIpc) is 3.38. The third kappa shape index (κ3) is 161. The van der Waals surface area contributed by atoms with Gasteiger partial charge in [0.15, 0.2) is 5.97 Å². The minimum absolute atomic E-state index is 0.505. The first-order valence-corrected chi connectivity index (χ1v) is 10.4. The Morgan fingerprint density at radius 3 is 1.00 bits per heavy atom. The van der Waals surface area contributed by atoms with Crippen LogP contribution in [0.2, 0.25) is 0 Å². The molecule has 1 rings (SSSR count). The van der Waals surface area contributed by atoms with E-state index in [1.165, 1.54) is 56.4 Å². The Labute approximate surface area is 165 Å². The summed E-state index contributed by atoms with van der Waals surface area (Å²) in [5.74, 6) is -0.505. The van der Waals surface area contributed by atoms with Crippen molar-refractivity contribution in [2.45, 2.75) is 32.1 Å². The van der Waals surface area contributed by atoms with E-state index in [-0.39, 0.29) is 0 Å². The maximum atomic E-state index is 9.78. The van der Waals surface area contributed by atoms with Crippen LogP contribution >= 0.6 is 0 Å². The van der Waals surface area contributed by atoms with E-state index < -0.39 is 5.97 Å². The van der Waals surface area contributed by atoms with Crippen molar-refractivity contribution in [3.05, 3.63) is 52.6 Å². The number of methoxy groups -OCH3 is 1. The second-order valence-electron chi connectivity index (χ2n) is 2.46. The quantitative estimate of drug-likeness (QED) is 0.158. The summed E-state index contributed by atoms with van der Waals surface area (Å²) >= 11 is 4.42. The molecule has 137 valence electrons. The topological polar surface area (TPSA) is 146 Å². The molecule has 0 spiro atoms. The molecular formula is C15H15MnO8W-. The van der Waals surface area contributed by atoms with E-state index in [0.29, 0.717) is 0 Å². The van der Waals surface area contributed by atoms with Gasteiger partial charge in [-0.2, -0.15) is 6.08 Å². The molecule has 0 bridgehead atoms. The molecule has 0 aliphatic heterocycles. The molecule has 0 atom stereocenters. The fourth-order valence-electron chi connectivity index (χ4n) is 0.952. The number of hydrogen-bond donors (Lipinski definition) is 0. The molecule has 0 saturated heterocycles. The first-order chi connectivity index (χ1) is 12.3. The van der Waals surface area contributed by atoms with Crippen LogP contribution in [0.5, 0.6) is 0 Å². The van der Waals surface area contributed by atoms with E-state index in [1.807, 2.05) is 0 Å². The fraction of sp³-hybridized carbons (Fsp3) is 0.400. The molecule has 25 heavy (non-hydrogen) atoms. The monoisotopic (exact) mass is 562 g/mol. The van der Waals surface area contributed by atoms with Gasteiger partial charge in [-0.25, -0.2) is 0 Å². The second-order valence-corrected chi connectivity index (χ2v) is 2.46. The zero-order valence-corrected chi connectivity index (χ0v) is 17.4. The summed E-state index contributed by atoms with van der Waals surface area (Å²) in [5.41, 5.74) is 0. The fourth-order valence-corrected chi connectivity index (χ4v) is 0.952. The Hall–Kier alpha value is -1.14. The summed E-state index contributed by atoms with van der Waals surface area (Å²) in [5, 5.41) is 0. The van der Waals surface area contributed by atoms with E-state index in [9.17, 15) is 4.79 Å². The van der Waals surface area contributed by atoms with Gasteiger partial charge >= 0.3 is 97.8 Å². The van der Waals surface area contributed by atoms with Crippen molar-refractivity contribution in [3.63, 3.8) is 0 Å². The number of hydrogen-bond acceptors (Lipinski definition) is 2. The second kappa shape index (κ2) is 139. The third-order valence-electron chi connectivity index (χ3n) is 1.59. The summed E-state index contributed by atoms with van der Waals surface area (Å²) in [7, 11) is 1.27. The van der Waals surface area contributed by atoms with Gasteiger partial charge < -0.3 is 9.53 Å². The van der Waals surface area contributed by atoms with Gasteiger partial charge in [0, 0.05) is 0 Å². The Morgan fingerprint density at radius 1 is 0.800 bits per heavy atom. The standard InChI is InChI=1S/C5H10.C4H5O2.6CO.Mn.W/c1-2-4-5-3-1;1-3-4(5)6-2;6*1-2;;/h1-5H2;1,3H,2H3;;;;;;;;/q;-1;;;;;;;;. The van der Waals surface area contributed by atoms with Gasteiger partial charge in [0.2, 0.25) is 0 Å². The van der Waals surface area contributed by atoms with Crippen molar-refractivity contribution in [1.82, 2.24) is 0 Å². The molecule has 0 heterocycles. The Balaban J connectivity index is -0.0000000232. The number of carbonyl (C=O) groups is 1. The predicted octanol–water partition coefficient (Wildman–Crippen LogP) is 1.87. The SMILES string of the molecule is C1CCCC1.[C-]#[O+].[C-]#[O+].[C-]#[O+].[C-]#[O+].[C-]#[O+].[C-]#[O+].[CH-]=CC(=O)OC.[Mn]=[W]. The van der Waals surface area contributed by atoms with Crippen LogP contribution in [0, 0.1) is 46.5 Å². The van der Waals surface area contributed by atoms with Gasteiger partial charge in [-0.05, 0) is 0 Å². The molecule has 1 fully saturated rings. The van der Waals surface area contributed by atoms with E-state index in [4.69, 9.17) is 27.9 Å². The molecule has 0 radical (unpaired) electrons. The van der Waals surface area contributed by atoms with Crippen molar-refractivity contribution in [2.24, 2.45) is 0 Å². The zero-order chi connectivity index (χ0) is 22.5. The van der Waals surface area contributed by atoms with Crippen LogP contribution < -0.4 is 0 Å². The van der Waals surface area contributed by atoms with Crippen LogP contribution in [-0.2, 0) is 67.4 Å².